The quantitative estimate of drug-likeness (QED) is 0.930. The van der Waals surface area contributed by atoms with Crippen LogP contribution < -0.4 is 10.2 Å². The third kappa shape index (κ3) is 3.68. The lowest BCUT2D eigenvalue weighted by Crippen LogP contribution is -2.37. The van der Waals surface area contributed by atoms with Gasteiger partial charge in [-0.2, -0.15) is 0 Å². The zero-order valence-corrected chi connectivity index (χ0v) is 14.6. The van der Waals surface area contributed by atoms with Gasteiger partial charge in [-0.05, 0) is 42.5 Å². The van der Waals surface area contributed by atoms with Crippen molar-refractivity contribution in [2.45, 2.75) is 51.1 Å². The molecule has 0 radical (unpaired) electrons. The van der Waals surface area contributed by atoms with Crippen molar-refractivity contribution in [2.24, 2.45) is 0 Å². The number of hydrogen-bond donors (Lipinski definition) is 1. The Bertz CT molecular complexity index is 752. The highest BCUT2D eigenvalue weighted by atomic mass is 16.1. The summed E-state index contributed by atoms with van der Waals surface area (Å²) in [5.74, 6) is 0.858. The second-order valence-electron chi connectivity index (χ2n) is 7.13. The molecule has 2 aromatic rings. The number of aromatic nitrogens is 1. The molecule has 0 saturated heterocycles. The molecule has 2 aliphatic rings. The SMILES string of the molecule is O=C(NC1CCCCC1)c1cccc(N2CCc3ccccc3C2)n1. The Kier molecular flexibility index (Phi) is 4.68. The van der Waals surface area contributed by atoms with Gasteiger partial charge < -0.3 is 10.2 Å². The normalized spacial score (nSPS) is 17.8. The van der Waals surface area contributed by atoms with Crippen LogP contribution in [0.25, 0.3) is 0 Å². The van der Waals surface area contributed by atoms with Crippen LogP contribution in [0.1, 0.15) is 53.7 Å². The Hall–Kier alpha value is -2.36. The first-order valence-electron chi connectivity index (χ1n) is 9.39. The summed E-state index contributed by atoms with van der Waals surface area (Å²) in [6, 6.07) is 14.7. The summed E-state index contributed by atoms with van der Waals surface area (Å²) < 4.78 is 0. The van der Waals surface area contributed by atoms with Crippen molar-refractivity contribution < 1.29 is 4.79 Å². The van der Waals surface area contributed by atoms with Crippen LogP contribution in [0.3, 0.4) is 0 Å². The van der Waals surface area contributed by atoms with E-state index < -0.39 is 0 Å². The fourth-order valence-corrected chi connectivity index (χ4v) is 3.92. The number of fused-ring (bicyclic) bond motifs is 1. The fraction of sp³-hybridized carbons (Fsp3) is 0.429. The van der Waals surface area contributed by atoms with E-state index in [-0.39, 0.29) is 5.91 Å². The zero-order valence-electron chi connectivity index (χ0n) is 14.6. The van der Waals surface area contributed by atoms with Gasteiger partial charge in [-0.15, -0.1) is 0 Å². The molecule has 1 aliphatic carbocycles. The van der Waals surface area contributed by atoms with Crippen molar-refractivity contribution in [3.63, 3.8) is 0 Å². The number of rotatable bonds is 3. The summed E-state index contributed by atoms with van der Waals surface area (Å²) in [6.07, 6.45) is 6.92. The van der Waals surface area contributed by atoms with Crippen LogP contribution in [0, 0.1) is 0 Å². The Morgan fingerprint density at radius 2 is 1.80 bits per heavy atom. The van der Waals surface area contributed by atoms with Crippen LogP contribution in [0.15, 0.2) is 42.5 Å². The maximum Gasteiger partial charge on any atom is 0.270 e. The highest BCUT2D eigenvalue weighted by molar-refractivity contribution is 5.92. The molecule has 4 rings (SSSR count). The van der Waals surface area contributed by atoms with Crippen molar-refractivity contribution in [2.75, 3.05) is 11.4 Å². The molecule has 1 aliphatic heterocycles. The summed E-state index contributed by atoms with van der Waals surface area (Å²) >= 11 is 0. The second-order valence-corrected chi connectivity index (χ2v) is 7.13. The van der Waals surface area contributed by atoms with E-state index in [1.807, 2.05) is 18.2 Å². The van der Waals surface area contributed by atoms with Gasteiger partial charge in [0, 0.05) is 19.1 Å². The Morgan fingerprint density at radius 3 is 2.64 bits per heavy atom. The van der Waals surface area contributed by atoms with Crippen molar-refractivity contribution >= 4 is 11.7 Å². The molecule has 1 fully saturated rings. The van der Waals surface area contributed by atoms with E-state index in [1.165, 1.54) is 30.4 Å². The summed E-state index contributed by atoms with van der Waals surface area (Å²) in [5.41, 5.74) is 3.31. The lowest BCUT2D eigenvalue weighted by molar-refractivity contribution is 0.0922. The van der Waals surface area contributed by atoms with Gasteiger partial charge in [0.25, 0.3) is 5.91 Å². The van der Waals surface area contributed by atoms with Gasteiger partial charge in [0.1, 0.15) is 11.5 Å². The third-order valence-corrected chi connectivity index (χ3v) is 5.36. The van der Waals surface area contributed by atoms with Gasteiger partial charge in [0.15, 0.2) is 0 Å². The number of nitrogens with one attached hydrogen (secondary N) is 1. The number of hydrogen-bond acceptors (Lipinski definition) is 3. The number of nitrogens with zero attached hydrogens (tertiary/aromatic N) is 2. The smallest absolute Gasteiger partial charge is 0.270 e. The van der Waals surface area contributed by atoms with E-state index in [0.717, 1.165) is 38.2 Å². The van der Waals surface area contributed by atoms with E-state index >= 15 is 0 Å². The van der Waals surface area contributed by atoms with E-state index in [2.05, 4.69) is 39.5 Å². The number of benzene rings is 1. The summed E-state index contributed by atoms with van der Waals surface area (Å²) in [6.45, 7) is 1.80. The average Bonchev–Trinajstić information content (AvgIpc) is 2.68. The molecule has 0 unspecified atom stereocenters. The molecule has 1 N–H and O–H groups in total. The molecule has 0 spiro atoms. The summed E-state index contributed by atoms with van der Waals surface area (Å²) in [4.78, 5) is 19.5. The molecule has 2 heterocycles. The minimum absolute atomic E-state index is 0.0360. The van der Waals surface area contributed by atoms with E-state index in [9.17, 15) is 4.79 Å². The number of pyridine rings is 1. The molecule has 1 amide bonds. The molecule has 1 saturated carbocycles. The topological polar surface area (TPSA) is 45.2 Å². The highest BCUT2D eigenvalue weighted by Gasteiger charge is 2.20. The van der Waals surface area contributed by atoms with Crippen LogP contribution >= 0.6 is 0 Å². The van der Waals surface area contributed by atoms with Crippen molar-refractivity contribution in [3.8, 4) is 0 Å². The lowest BCUT2D eigenvalue weighted by Gasteiger charge is -2.30. The number of anilines is 1. The zero-order chi connectivity index (χ0) is 17.1. The lowest BCUT2D eigenvalue weighted by atomic mass is 9.95. The Labute approximate surface area is 149 Å². The molecule has 1 aromatic heterocycles. The minimum Gasteiger partial charge on any atom is -0.352 e. The van der Waals surface area contributed by atoms with Crippen molar-refractivity contribution in [3.05, 3.63) is 59.3 Å². The van der Waals surface area contributed by atoms with Crippen LogP contribution in [0.2, 0.25) is 0 Å². The monoisotopic (exact) mass is 335 g/mol. The largest absolute Gasteiger partial charge is 0.352 e. The number of carbonyl (C=O) groups excluding carboxylic acids is 1. The van der Waals surface area contributed by atoms with Crippen LogP contribution in [-0.2, 0) is 13.0 Å². The first-order valence-corrected chi connectivity index (χ1v) is 9.39. The summed E-state index contributed by atoms with van der Waals surface area (Å²) in [7, 11) is 0. The third-order valence-electron chi connectivity index (χ3n) is 5.36. The Morgan fingerprint density at radius 1 is 1.00 bits per heavy atom. The van der Waals surface area contributed by atoms with Gasteiger partial charge in [-0.1, -0.05) is 49.6 Å². The number of carbonyl (C=O) groups is 1. The van der Waals surface area contributed by atoms with Crippen LogP contribution in [-0.4, -0.2) is 23.5 Å². The minimum atomic E-state index is -0.0360. The molecule has 130 valence electrons. The Balaban J connectivity index is 1.47. The van der Waals surface area contributed by atoms with E-state index in [4.69, 9.17) is 0 Å². The molecule has 4 nitrogen and oxygen atoms in total. The predicted octanol–water partition coefficient (Wildman–Crippen LogP) is 3.71. The molecule has 0 bridgehead atoms. The maximum atomic E-state index is 12.6. The summed E-state index contributed by atoms with van der Waals surface area (Å²) in [5, 5.41) is 3.16. The van der Waals surface area contributed by atoms with Crippen molar-refractivity contribution in [1.29, 1.82) is 0 Å². The van der Waals surface area contributed by atoms with Crippen LogP contribution in [0.5, 0.6) is 0 Å². The molecule has 0 atom stereocenters. The van der Waals surface area contributed by atoms with E-state index in [1.54, 1.807) is 0 Å². The van der Waals surface area contributed by atoms with Gasteiger partial charge in [0.05, 0.1) is 0 Å². The average molecular weight is 335 g/mol. The van der Waals surface area contributed by atoms with Crippen molar-refractivity contribution in [1.82, 2.24) is 10.3 Å². The number of amides is 1. The first kappa shape index (κ1) is 16.1. The first-order chi connectivity index (χ1) is 12.3. The van der Waals surface area contributed by atoms with E-state index in [0.29, 0.717) is 11.7 Å². The van der Waals surface area contributed by atoms with Gasteiger partial charge in [-0.3, -0.25) is 4.79 Å². The molecule has 1 aromatic carbocycles. The molecule has 4 heteroatoms. The van der Waals surface area contributed by atoms with Gasteiger partial charge in [-0.25, -0.2) is 4.98 Å². The molecular weight excluding hydrogens is 310 g/mol. The maximum absolute atomic E-state index is 12.6. The predicted molar refractivity (Wildman–Crippen MR) is 99.8 cm³/mol. The highest BCUT2D eigenvalue weighted by Crippen LogP contribution is 2.23. The standard InChI is InChI=1S/C21H25N3O/c25-21(22-18-9-2-1-3-10-18)19-11-6-12-20(23-19)24-14-13-16-7-4-5-8-17(16)15-24/h4-8,11-12,18H,1-3,9-10,13-15H2,(H,22,25). The second kappa shape index (κ2) is 7.26. The molecular formula is C21H25N3O. The molecule has 25 heavy (non-hydrogen) atoms. The van der Waals surface area contributed by atoms with Gasteiger partial charge in [0.2, 0.25) is 0 Å². The van der Waals surface area contributed by atoms with Crippen LogP contribution in [0.4, 0.5) is 5.82 Å². The fourth-order valence-electron chi connectivity index (χ4n) is 3.92. The van der Waals surface area contributed by atoms with Gasteiger partial charge >= 0.3 is 0 Å².